The van der Waals surface area contributed by atoms with Gasteiger partial charge in [0, 0.05) is 30.6 Å². The van der Waals surface area contributed by atoms with Crippen LogP contribution in [0.2, 0.25) is 0 Å². The van der Waals surface area contributed by atoms with Crippen LogP contribution in [-0.4, -0.2) is 36.7 Å². The number of carbonyl (C=O) groups excluding carboxylic acids is 1. The molecule has 2 aromatic rings. The quantitative estimate of drug-likeness (QED) is 0.864. The summed E-state index contributed by atoms with van der Waals surface area (Å²) in [5.41, 5.74) is 1.04. The summed E-state index contributed by atoms with van der Waals surface area (Å²) in [5.74, 6) is 0.00653. The van der Waals surface area contributed by atoms with Crippen molar-refractivity contribution in [1.82, 2.24) is 15.6 Å². The molecule has 0 bridgehead atoms. The molecule has 0 saturated carbocycles. The third-order valence-corrected chi connectivity index (χ3v) is 4.41. The Hall–Kier alpha value is -1.47. The molecular formula is C16H20ClN3O2S. The fraction of sp³-hybridized carbons (Fsp3) is 0.375. The van der Waals surface area contributed by atoms with E-state index in [9.17, 15) is 4.79 Å². The van der Waals surface area contributed by atoms with Gasteiger partial charge in [-0.05, 0) is 5.56 Å². The number of carbonyl (C=O) groups is 1. The summed E-state index contributed by atoms with van der Waals surface area (Å²) < 4.78 is 5.39. The van der Waals surface area contributed by atoms with Gasteiger partial charge >= 0.3 is 0 Å². The molecular weight excluding hydrogens is 334 g/mol. The third kappa shape index (κ3) is 5.00. The molecule has 124 valence electrons. The van der Waals surface area contributed by atoms with E-state index in [-0.39, 0.29) is 30.4 Å². The highest BCUT2D eigenvalue weighted by atomic mass is 35.5. The SMILES string of the molecule is Cl.O=C(CC1COCCN1)NC(c1ccccc1)c1nccs1. The van der Waals surface area contributed by atoms with Crippen LogP contribution >= 0.6 is 23.7 Å². The first-order valence-corrected chi connectivity index (χ1v) is 8.26. The molecule has 1 aliphatic rings. The molecule has 0 spiro atoms. The first-order valence-electron chi connectivity index (χ1n) is 7.38. The topological polar surface area (TPSA) is 63.2 Å². The van der Waals surface area contributed by atoms with Crippen molar-refractivity contribution in [3.8, 4) is 0 Å². The van der Waals surface area contributed by atoms with Crippen LogP contribution < -0.4 is 10.6 Å². The van der Waals surface area contributed by atoms with Gasteiger partial charge in [-0.2, -0.15) is 0 Å². The summed E-state index contributed by atoms with van der Waals surface area (Å²) in [5, 5.41) is 9.22. The van der Waals surface area contributed by atoms with Crippen LogP contribution in [0, 0.1) is 0 Å². The van der Waals surface area contributed by atoms with Crippen LogP contribution in [0.4, 0.5) is 0 Å². The molecule has 1 fully saturated rings. The smallest absolute Gasteiger partial charge is 0.222 e. The molecule has 2 atom stereocenters. The molecule has 3 rings (SSSR count). The lowest BCUT2D eigenvalue weighted by Crippen LogP contribution is -2.44. The van der Waals surface area contributed by atoms with Crippen molar-refractivity contribution in [3.63, 3.8) is 0 Å². The van der Waals surface area contributed by atoms with Crippen molar-refractivity contribution >= 4 is 29.7 Å². The number of amides is 1. The summed E-state index contributed by atoms with van der Waals surface area (Å²) in [6, 6.07) is 9.81. The van der Waals surface area contributed by atoms with Crippen LogP contribution in [0.15, 0.2) is 41.9 Å². The lowest BCUT2D eigenvalue weighted by Gasteiger charge is -2.24. The highest BCUT2D eigenvalue weighted by Gasteiger charge is 2.22. The van der Waals surface area contributed by atoms with Gasteiger partial charge in [0.05, 0.1) is 13.2 Å². The van der Waals surface area contributed by atoms with Crippen LogP contribution in [-0.2, 0) is 9.53 Å². The van der Waals surface area contributed by atoms with E-state index in [0.717, 1.165) is 17.1 Å². The number of halogens is 1. The van der Waals surface area contributed by atoms with Gasteiger partial charge in [-0.15, -0.1) is 23.7 Å². The second-order valence-electron chi connectivity index (χ2n) is 5.21. The lowest BCUT2D eigenvalue weighted by molar-refractivity contribution is -0.122. The number of nitrogens with one attached hydrogen (secondary N) is 2. The van der Waals surface area contributed by atoms with Gasteiger partial charge in [0.25, 0.3) is 0 Å². The Morgan fingerprint density at radius 2 is 2.26 bits per heavy atom. The highest BCUT2D eigenvalue weighted by molar-refractivity contribution is 7.09. The number of thiazole rings is 1. The van der Waals surface area contributed by atoms with E-state index < -0.39 is 0 Å². The van der Waals surface area contributed by atoms with E-state index in [2.05, 4.69) is 15.6 Å². The van der Waals surface area contributed by atoms with Gasteiger partial charge < -0.3 is 15.4 Å². The summed E-state index contributed by atoms with van der Waals surface area (Å²) >= 11 is 1.55. The van der Waals surface area contributed by atoms with E-state index >= 15 is 0 Å². The summed E-state index contributed by atoms with van der Waals surface area (Å²) in [6.45, 7) is 2.09. The number of morpholine rings is 1. The maximum atomic E-state index is 12.4. The molecule has 2 heterocycles. The molecule has 5 nitrogen and oxygen atoms in total. The molecule has 1 aromatic carbocycles. The van der Waals surface area contributed by atoms with E-state index in [0.29, 0.717) is 19.6 Å². The van der Waals surface area contributed by atoms with Gasteiger partial charge in [-0.3, -0.25) is 4.79 Å². The minimum atomic E-state index is -0.196. The van der Waals surface area contributed by atoms with Gasteiger partial charge in [-0.1, -0.05) is 30.3 Å². The van der Waals surface area contributed by atoms with Gasteiger partial charge in [0.1, 0.15) is 11.0 Å². The van der Waals surface area contributed by atoms with Crippen molar-refractivity contribution < 1.29 is 9.53 Å². The standard InChI is InChI=1S/C16H19N3O2S.ClH/c20-14(10-13-11-21-8-6-17-13)19-15(16-18-7-9-22-16)12-4-2-1-3-5-12;/h1-5,7,9,13,15,17H,6,8,10-11H2,(H,19,20);1H. The van der Waals surface area contributed by atoms with Crippen molar-refractivity contribution in [2.24, 2.45) is 0 Å². The number of ether oxygens (including phenoxy) is 1. The van der Waals surface area contributed by atoms with Gasteiger partial charge in [0.2, 0.25) is 5.91 Å². The fourth-order valence-corrected chi connectivity index (χ4v) is 3.22. The first-order chi connectivity index (χ1) is 10.8. The maximum absolute atomic E-state index is 12.4. The average molecular weight is 354 g/mol. The second kappa shape index (κ2) is 8.98. The number of rotatable bonds is 5. The molecule has 0 radical (unpaired) electrons. The predicted molar refractivity (Wildman–Crippen MR) is 93.0 cm³/mol. The number of aromatic nitrogens is 1. The number of hydrogen-bond acceptors (Lipinski definition) is 5. The van der Waals surface area contributed by atoms with Crippen LogP contribution in [0.25, 0.3) is 0 Å². The average Bonchev–Trinajstić information content (AvgIpc) is 3.08. The zero-order chi connectivity index (χ0) is 15.2. The summed E-state index contributed by atoms with van der Waals surface area (Å²) in [4.78, 5) is 16.7. The number of nitrogens with zero attached hydrogens (tertiary/aromatic N) is 1. The molecule has 0 aliphatic carbocycles. The molecule has 7 heteroatoms. The van der Waals surface area contributed by atoms with Crippen LogP contribution in [0.3, 0.4) is 0 Å². The third-order valence-electron chi connectivity index (χ3n) is 3.57. The van der Waals surface area contributed by atoms with Crippen molar-refractivity contribution in [2.45, 2.75) is 18.5 Å². The van der Waals surface area contributed by atoms with E-state index in [4.69, 9.17) is 4.74 Å². The zero-order valence-corrected chi connectivity index (χ0v) is 14.2. The fourth-order valence-electron chi connectivity index (χ4n) is 2.50. The van der Waals surface area contributed by atoms with Crippen LogP contribution in [0.1, 0.15) is 23.0 Å². The normalized spacial score (nSPS) is 18.7. The van der Waals surface area contributed by atoms with Gasteiger partial charge in [-0.25, -0.2) is 4.98 Å². The molecule has 1 aliphatic heterocycles. The molecule has 1 amide bonds. The second-order valence-corrected chi connectivity index (χ2v) is 6.14. The first kappa shape index (κ1) is 17.9. The van der Waals surface area contributed by atoms with Crippen molar-refractivity contribution in [3.05, 3.63) is 52.5 Å². The predicted octanol–water partition coefficient (Wildman–Crippen LogP) is 2.15. The molecule has 1 aromatic heterocycles. The van der Waals surface area contributed by atoms with Crippen molar-refractivity contribution in [1.29, 1.82) is 0 Å². The highest BCUT2D eigenvalue weighted by Crippen LogP contribution is 2.23. The Bertz CT molecular complexity index is 589. The Labute approximate surface area is 145 Å². The number of benzene rings is 1. The van der Waals surface area contributed by atoms with Crippen molar-refractivity contribution in [2.75, 3.05) is 19.8 Å². The number of hydrogen-bond donors (Lipinski definition) is 2. The Morgan fingerprint density at radius 1 is 1.43 bits per heavy atom. The van der Waals surface area contributed by atoms with E-state index in [1.165, 1.54) is 0 Å². The maximum Gasteiger partial charge on any atom is 0.222 e. The van der Waals surface area contributed by atoms with Crippen LogP contribution in [0.5, 0.6) is 0 Å². The molecule has 23 heavy (non-hydrogen) atoms. The van der Waals surface area contributed by atoms with Gasteiger partial charge in [0.15, 0.2) is 0 Å². The minimum Gasteiger partial charge on any atom is -0.378 e. The minimum absolute atomic E-state index is 0. The largest absolute Gasteiger partial charge is 0.378 e. The Kier molecular flexibility index (Phi) is 6.98. The van der Waals surface area contributed by atoms with E-state index in [1.54, 1.807) is 17.5 Å². The Morgan fingerprint density at radius 3 is 2.91 bits per heavy atom. The van der Waals surface area contributed by atoms with E-state index in [1.807, 2.05) is 35.7 Å². The molecule has 2 unspecified atom stereocenters. The monoisotopic (exact) mass is 353 g/mol. The molecule has 2 N–H and O–H groups in total. The Balaban J connectivity index is 0.00000192. The zero-order valence-electron chi connectivity index (χ0n) is 12.6. The summed E-state index contributed by atoms with van der Waals surface area (Å²) in [7, 11) is 0. The molecule has 1 saturated heterocycles. The lowest BCUT2D eigenvalue weighted by atomic mass is 10.1. The summed E-state index contributed by atoms with van der Waals surface area (Å²) in [6.07, 6.45) is 2.17.